The van der Waals surface area contributed by atoms with Crippen molar-refractivity contribution in [3.63, 3.8) is 0 Å². The summed E-state index contributed by atoms with van der Waals surface area (Å²) >= 11 is 6.29. The van der Waals surface area contributed by atoms with Gasteiger partial charge in [0, 0.05) is 43.2 Å². The topological polar surface area (TPSA) is 23.6 Å². The van der Waals surface area contributed by atoms with Crippen molar-refractivity contribution in [2.75, 3.05) is 26.2 Å². The lowest BCUT2D eigenvalue weighted by atomic mass is 9.84. The van der Waals surface area contributed by atoms with Crippen LogP contribution in [0.15, 0.2) is 24.3 Å². The SMILES string of the molecule is CC(c1ccccc1Cl)N1CCN(C(=O)C2CCC2)CC1. The maximum atomic E-state index is 12.3. The molecule has 0 bridgehead atoms. The highest BCUT2D eigenvalue weighted by Gasteiger charge is 2.32. The van der Waals surface area contributed by atoms with Crippen molar-refractivity contribution in [2.45, 2.75) is 32.2 Å². The van der Waals surface area contributed by atoms with Crippen molar-refractivity contribution < 1.29 is 4.79 Å². The van der Waals surface area contributed by atoms with Gasteiger partial charge in [-0.15, -0.1) is 0 Å². The first kappa shape index (κ1) is 14.9. The minimum atomic E-state index is 0.305. The molecule has 1 atom stereocenters. The minimum Gasteiger partial charge on any atom is -0.340 e. The van der Waals surface area contributed by atoms with Gasteiger partial charge in [-0.1, -0.05) is 36.2 Å². The van der Waals surface area contributed by atoms with Gasteiger partial charge < -0.3 is 4.90 Å². The molecule has 1 aromatic carbocycles. The van der Waals surface area contributed by atoms with Gasteiger partial charge in [0.2, 0.25) is 5.91 Å². The molecule has 4 heteroatoms. The van der Waals surface area contributed by atoms with E-state index in [1.54, 1.807) is 0 Å². The molecule has 0 radical (unpaired) electrons. The second kappa shape index (κ2) is 6.37. The van der Waals surface area contributed by atoms with Crippen LogP contribution in [0.3, 0.4) is 0 Å². The van der Waals surface area contributed by atoms with Crippen molar-refractivity contribution in [1.29, 1.82) is 0 Å². The van der Waals surface area contributed by atoms with Crippen LogP contribution in [-0.2, 0) is 4.79 Å². The van der Waals surface area contributed by atoms with E-state index in [-0.39, 0.29) is 0 Å². The zero-order valence-corrected chi connectivity index (χ0v) is 13.4. The Morgan fingerprint density at radius 2 is 1.86 bits per heavy atom. The smallest absolute Gasteiger partial charge is 0.225 e. The third-order valence-corrected chi connectivity index (χ3v) is 5.33. The summed E-state index contributed by atoms with van der Waals surface area (Å²) in [6.45, 7) is 5.77. The van der Waals surface area contributed by atoms with Gasteiger partial charge in [0.1, 0.15) is 0 Å². The molecular formula is C17H23ClN2O. The van der Waals surface area contributed by atoms with Crippen LogP contribution in [0.5, 0.6) is 0 Å². The molecule has 2 aliphatic rings. The van der Waals surface area contributed by atoms with Gasteiger partial charge in [0.05, 0.1) is 0 Å². The molecule has 0 spiro atoms. The van der Waals surface area contributed by atoms with Crippen molar-refractivity contribution in [3.8, 4) is 0 Å². The molecule has 1 amide bonds. The average molecular weight is 307 g/mol. The van der Waals surface area contributed by atoms with Crippen molar-refractivity contribution >= 4 is 17.5 Å². The zero-order chi connectivity index (χ0) is 14.8. The Hall–Kier alpha value is -1.06. The van der Waals surface area contributed by atoms with Crippen LogP contribution in [0.1, 0.15) is 37.8 Å². The lowest BCUT2D eigenvalue weighted by Crippen LogP contribution is -2.51. The summed E-state index contributed by atoms with van der Waals surface area (Å²) in [6.07, 6.45) is 3.41. The summed E-state index contributed by atoms with van der Waals surface area (Å²) in [4.78, 5) is 16.7. The van der Waals surface area contributed by atoms with Gasteiger partial charge in [-0.25, -0.2) is 0 Å². The molecular weight excluding hydrogens is 284 g/mol. The number of nitrogens with zero attached hydrogens (tertiary/aromatic N) is 2. The third-order valence-electron chi connectivity index (χ3n) is 4.98. The molecule has 1 aliphatic carbocycles. The van der Waals surface area contributed by atoms with E-state index >= 15 is 0 Å². The fourth-order valence-corrected chi connectivity index (χ4v) is 3.55. The molecule has 2 fully saturated rings. The lowest BCUT2D eigenvalue weighted by molar-refractivity contribution is -0.140. The highest BCUT2D eigenvalue weighted by atomic mass is 35.5. The number of hydrogen-bond acceptors (Lipinski definition) is 2. The molecule has 3 rings (SSSR count). The summed E-state index contributed by atoms with van der Waals surface area (Å²) in [5.41, 5.74) is 1.18. The van der Waals surface area contributed by atoms with Crippen LogP contribution < -0.4 is 0 Å². The summed E-state index contributed by atoms with van der Waals surface area (Å²) in [5, 5.41) is 0.831. The third kappa shape index (κ3) is 3.09. The Kier molecular flexibility index (Phi) is 4.51. The molecule has 114 valence electrons. The summed E-state index contributed by atoms with van der Waals surface area (Å²) < 4.78 is 0. The van der Waals surface area contributed by atoms with Gasteiger partial charge in [-0.05, 0) is 31.4 Å². The van der Waals surface area contributed by atoms with Crippen molar-refractivity contribution in [1.82, 2.24) is 9.80 Å². The van der Waals surface area contributed by atoms with Gasteiger partial charge >= 0.3 is 0 Å². The number of halogens is 1. The van der Waals surface area contributed by atoms with Gasteiger partial charge in [0.25, 0.3) is 0 Å². The van der Waals surface area contributed by atoms with Crippen LogP contribution >= 0.6 is 11.6 Å². The molecule has 0 aromatic heterocycles. The summed E-state index contributed by atoms with van der Waals surface area (Å²) in [6, 6.07) is 8.35. The minimum absolute atomic E-state index is 0.305. The van der Waals surface area contributed by atoms with E-state index in [0.29, 0.717) is 17.9 Å². The average Bonchev–Trinajstić information content (AvgIpc) is 2.45. The molecule has 21 heavy (non-hydrogen) atoms. The van der Waals surface area contributed by atoms with Crippen LogP contribution in [-0.4, -0.2) is 41.9 Å². The summed E-state index contributed by atoms with van der Waals surface area (Å²) in [7, 11) is 0. The van der Waals surface area contributed by atoms with Crippen molar-refractivity contribution in [2.24, 2.45) is 5.92 Å². The van der Waals surface area contributed by atoms with Crippen LogP contribution in [0.2, 0.25) is 5.02 Å². The maximum Gasteiger partial charge on any atom is 0.225 e. The predicted molar refractivity (Wildman–Crippen MR) is 85.4 cm³/mol. The number of benzene rings is 1. The molecule has 1 saturated carbocycles. The van der Waals surface area contributed by atoms with E-state index in [1.807, 2.05) is 18.2 Å². The standard InChI is InChI=1S/C17H23ClN2O/c1-13(15-7-2-3-8-16(15)18)19-9-11-20(12-10-19)17(21)14-5-4-6-14/h2-3,7-8,13-14H,4-6,9-12H2,1H3. The Bertz CT molecular complexity index is 507. The maximum absolute atomic E-state index is 12.3. The Morgan fingerprint density at radius 1 is 1.19 bits per heavy atom. The van der Waals surface area contributed by atoms with E-state index in [2.05, 4.69) is 22.8 Å². The van der Waals surface area contributed by atoms with Gasteiger partial charge in [-0.3, -0.25) is 9.69 Å². The van der Waals surface area contributed by atoms with E-state index in [0.717, 1.165) is 44.0 Å². The largest absolute Gasteiger partial charge is 0.340 e. The Balaban J connectivity index is 1.58. The molecule has 0 N–H and O–H groups in total. The Morgan fingerprint density at radius 3 is 2.43 bits per heavy atom. The Labute approximate surface area is 131 Å². The number of carbonyl (C=O) groups is 1. The second-order valence-electron chi connectivity index (χ2n) is 6.19. The first-order valence-electron chi connectivity index (χ1n) is 7.94. The highest BCUT2D eigenvalue weighted by molar-refractivity contribution is 6.31. The van der Waals surface area contributed by atoms with E-state index in [1.165, 1.54) is 12.0 Å². The van der Waals surface area contributed by atoms with E-state index < -0.39 is 0 Å². The number of rotatable bonds is 3. The van der Waals surface area contributed by atoms with Crippen LogP contribution in [0.4, 0.5) is 0 Å². The van der Waals surface area contributed by atoms with Crippen LogP contribution in [0.25, 0.3) is 0 Å². The van der Waals surface area contributed by atoms with E-state index in [9.17, 15) is 4.79 Å². The van der Waals surface area contributed by atoms with Gasteiger partial charge in [-0.2, -0.15) is 0 Å². The lowest BCUT2D eigenvalue weighted by Gasteiger charge is -2.40. The van der Waals surface area contributed by atoms with E-state index in [4.69, 9.17) is 11.6 Å². The van der Waals surface area contributed by atoms with Crippen LogP contribution in [0, 0.1) is 5.92 Å². The molecule has 3 nitrogen and oxygen atoms in total. The zero-order valence-electron chi connectivity index (χ0n) is 12.6. The molecule has 1 saturated heterocycles. The number of amides is 1. The fraction of sp³-hybridized carbons (Fsp3) is 0.588. The molecule has 1 heterocycles. The molecule has 1 aromatic rings. The fourth-order valence-electron chi connectivity index (χ4n) is 3.25. The first-order chi connectivity index (χ1) is 10.2. The number of piperazine rings is 1. The van der Waals surface area contributed by atoms with Crippen molar-refractivity contribution in [3.05, 3.63) is 34.9 Å². The predicted octanol–water partition coefficient (Wildman–Crippen LogP) is 3.35. The van der Waals surface area contributed by atoms with Gasteiger partial charge in [0.15, 0.2) is 0 Å². The molecule has 1 aliphatic heterocycles. The molecule has 1 unspecified atom stereocenters. The second-order valence-corrected chi connectivity index (χ2v) is 6.59. The number of hydrogen-bond donors (Lipinski definition) is 0. The number of carbonyl (C=O) groups excluding carboxylic acids is 1. The quantitative estimate of drug-likeness (QED) is 0.855. The highest BCUT2D eigenvalue weighted by Crippen LogP contribution is 2.30. The normalized spacial score (nSPS) is 21.9. The first-order valence-corrected chi connectivity index (χ1v) is 8.32. The monoisotopic (exact) mass is 306 g/mol. The summed E-state index contributed by atoms with van der Waals surface area (Å²) in [5.74, 6) is 0.698.